The van der Waals surface area contributed by atoms with Crippen LogP contribution in [0.15, 0.2) is 82.8 Å². The van der Waals surface area contributed by atoms with E-state index in [1.807, 2.05) is 34.9 Å². The van der Waals surface area contributed by atoms with Gasteiger partial charge in [-0.15, -0.1) is 10.2 Å². The highest BCUT2D eigenvalue weighted by molar-refractivity contribution is 7.98. The molecule has 4 aromatic rings. The van der Waals surface area contributed by atoms with Crippen molar-refractivity contribution < 1.29 is 21.9 Å². The van der Waals surface area contributed by atoms with Crippen molar-refractivity contribution in [1.82, 2.24) is 19.1 Å². The van der Waals surface area contributed by atoms with E-state index in [-0.39, 0.29) is 10.6 Å². The minimum absolute atomic E-state index is 0.0150. The molecule has 0 bridgehead atoms. The fraction of sp³-hybridized carbons (Fsp3) is 0.231. The SMILES string of the molecule is O=S(=O)(c1cccc(-c2nnc(SCc3cc(OC(F)F)ccc3Cl)n2-c2ccccc2)c1)N1CCCC1. The molecule has 0 atom stereocenters. The highest BCUT2D eigenvalue weighted by atomic mass is 35.5. The van der Waals surface area contributed by atoms with Gasteiger partial charge in [-0.25, -0.2) is 8.42 Å². The molecule has 1 saturated heterocycles. The van der Waals surface area contributed by atoms with Gasteiger partial charge in [-0.05, 0) is 60.9 Å². The predicted octanol–water partition coefficient (Wildman–Crippen LogP) is 6.27. The van der Waals surface area contributed by atoms with Crippen LogP contribution in [-0.4, -0.2) is 47.2 Å². The highest BCUT2D eigenvalue weighted by Crippen LogP contribution is 2.34. The number of halogens is 3. The number of aromatic nitrogens is 3. The molecule has 5 rings (SSSR count). The Morgan fingerprint density at radius 3 is 2.47 bits per heavy atom. The topological polar surface area (TPSA) is 77.3 Å². The maximum absolute atomic E-state index is 13.2. The first kappa shape index (κ1) is 26.6. The van der Waals surface area contributed by atoms with Gasteiger partial charge in [-0.2, -0.15) is 13.1 Å². The molecule has 3 aromatic carbocycles. The summed E-state index contributed by atoms with van der Waals surface area (Å²) in [7, 11) is -3.61. The zero-order chi connectivity index (χ0) is 26.7. The second kappa shape index (κ2) is 11.4. The lowest BCUT2D eigenvalue weighted by Gasteiger charge is -2.16. The lowest BCUT2D eigenvalue weighted by molar-refractivity contribution is -0.0498. The van der Waals surface area contributed by atoms with Crippen molar-refractivity contribution in [2.24, 2.45) is 0 Å². The normalized spacial score (nSPS) is 14.3. The van der Waals surface area contributed by atoms with E-state index in [1.54, 1.807) is 24.3 Å². The van der Waals surface area contributed by atoms with E-state index < -0.39 is 16.6 Å². The molecule has 0 aliphatic carbocycles. The number of alkyl halides is 2. The third kappa shape index (κ3) is 5.70. The largest absolute Gasteiger partial charge is 0.435 e. The molecule has 198 valence electrons. The van der Waals surface area contributed by atoms with Crippen molar-refractivity contribution in [3.63, 3.8) is 0 Å². The second-order valence-corrected chi connectivity index (χ2v) is 11.8. The smallest absolute Gasteiger partial charge is 0.387 e. The Labute approximate surface area is 228 Å². The summed E-state index contributed by atoms with van der Waals surface area (Å²) in [5.41, 5.74) is 1.97. The first-order valence-electron chi connectivity index (χ1n) is 11.8. The van der Waals surface area contributed by atoms with Gasteiger partial charge >= 0.3 is 6.61 Å². The lowest BCUT2D eigenvalue weighted by Crippen LogP contribution is -2.27. The standard InChI is InChI=1S/C26H23ClF2N4O3S2/c27-23-12-11-21(36-25(28)29)15-19(23)17-37-26-31-30-24(33(26)20-8-2-1-3-9-20)18-7-6-10-22(16-18)38(34,35)32-13-4-5-14-32/h1-3,6-12,15-16,25H,4-5,13-14,17H2. The first-order valence-corrected chi connectivity index (χ1v) is 14.6. The molecule has 12 heteroatoms. The highest BCUT2D eigenvalue weighted by Gasteiger charge is 2.28. The Balaban J connectivity index is 1.50. The second-order valence-electron chi connectivity index (χ2n) is 8.54. The Hall–Kier alpha value is -2.99. The zero-order valence-corrected chi connectivity index (χ0v) is 22.4. The van der Waals surface area contributed by atoms with E-state index in [0.29, 0.717) is 46.0 Å². The molecule has 1 aliphatic heterocycles. The minimum atomic E-state index is -3.61. The number of para-hydroxylation sites is 1. The van der Waals surface area contributed by atoms with E-state index in [4.69, 9.17) is 11.6 Å². The molecular weight excluding hydrogens is 554 g/mol. The van der Waals surface area contributed by atoms with Gasteiger partial charge in [0.15, 0.2) is 11.0 Å². The summed E-state index contributed by atoms with van der Waals surface area (Å²) in [4.78, 5) is 0.205. The molecule has 2 heterocycles. The number of hydrogen-bond acceptors (Lipinski definition) is 6. The lowest BCUT2D eigenvalue weighted by atomic mass is 10.2. The third-order valence-corrected chi connectivity index (χ3v) is 9.28. The molecule has 0 radical (unpaired) electrons. The quantitative estimate of drug-likeness (QED) is 0.219. The molecule has 38 heavy (non-hydrogen) atoms. The van der Waals surface area contributed by atoms with Crippen molar-refractivity contribution in [3.8, 4) is 22.8 Å². The van der Waals surface area contributed by atoms with Crippen molar-refractivity contribution in [2.75, 3.05) is 13.1 Å². The first-order chi connectivity index (χ1) is 18.3. The average Bonchev–Trinajstić information content (AvgIpc) is 3.60. The number of sulfonamides is 1. The summed E-state index contributed by atoms with van der Waals surface area (Å²) in [5.74, 6) is 0.799. The molecule has 0 amide bonds. The number of rotatable bonds is 9. The Morgan fingerprint density at radius 2 is 1.74 bits per heavy atom. The summed E-state index contributed by atoms with van der Waals surface area (Å²) in [6.45, 7) is -1.91. The van der Waals surface area contributed by atoms with E-state index in [2.05, 4.69) is 14.9 Å². The molecule has 1 aliphatic rings. The van der Waals surface area contributed by atoms with Gasteiger partial charge in [0, 0.05) is 35.1 Å². The average molecular weight is 577 g/mol. The summed E-state index contributed by atoms with van der Waals surface area (Å²) in [6.07, 6.45) is 1.70. The van der Waals surface area contributed by atoms with Crippen molar-refractivity contribution in [3.05, 3.63) is 83.4 Å². The Kier molecular flexibility index (Phi) is 7.98. The van der Waals surface area contributed by atoms with E-state index in [9.17, 15) is 17.2 Å². The maximum Gasteiger partial charge on any atom is 0.387 e. The fourth-order valence-corrected chi connectivity index (χ4v) is 6.98. The molecule has 0 unspecified atom stereocenters. The molecule has 0 spiro atoms. The number of benzene rings is 3. The molecule has 1 aromatic heterocycles. The third-order valence-electron chi connectivity index (χ3n) is 6.04. The van der Waals surface area contributed by atoms with Gasteiger partial charge < -0.3 is 4.74 Å². The van der Waals surface area contributed by atoms with Crippen molar-refractivity contribution >= 4 is 33.4 Å². The molecular formula is C26H23ClF2N4O3S2. The van der Waals surface area contributed by atoms with Crippen LogP contribution in [0, 0.1) is 0 Å². The number of nitrogens with zero attached hydrogens (tertiary/aromatic N) is 4. The van der Waals surface area contributed by atoms with Gasteiger partial charge in [0.05, 0.1) is 4.90 Å². The monoisotopic (exact) mass is 576 g/mol. The van der Waals surface area contributed by atoms with Crippen molar-refractivity contribution in [1.29, 1.82) is 0 Å². The van der Waals surface area contributed by atoms with E-state index >= 15 is 0 Å². The molecule has 0 saturated carbocycles. The van der Waals surface area contributed by atoms with Crippen LogP contribution in [-0.2, 0) is 15.8 Å². The van der Waals surface area contributed by atoms with Crippen LogP contribution in [0.2, 0.25) is 5.02 Å². The Morgan fingerprint density at radius 1 is 0.974 bits per heavy atom. The van der Waals surface area contributed by atoms with Gasteiger partial charge in [-0.3, -0.25) is 4.57 Å². The predicted molar refractivity (Wildman–Crippen MR) is 142 cm³/mol. The van der Waals surface area contributed by atoms with E-state index in [0.717, 1.165) is 18.5 Å². The number of thioether (sulfide) groups is 1. The van der Waals surface area contributed by atoms with Crippen LogP contribution >= 0.6 is 23.4 Å². The van der Waals surface area contributed by atoms with Crippen LogP contribution in [0.5, 0.6) is 5.75 Å². The van der Waals surface area contributed by atoms with Crippen LogP contribution < -0.4 is 4.74 Å². The van der Waals surface area contributed by atoms with E-state index in [1.165, 1.54) is 34.3 Å². The Bertz CT molecular complexity index is 1530. The number of ether oxygens (including phenoxy) is 1. The zero-order valence-electron chi connectivity index (χ0n) is 20.0. The molecule has 7 nitrogen and oxygen atoms in total. The summed E-state index contributed by atoms with van der Waals surface area (Å²) in [5, 5.41) is 9.71. The van der Waals surface area contributed by atoms with Crippen LogP contribution in [0.25, 0.3) is 17.1 Å². The van der Waals surface area contributed by atoms with Gasteiger partial charge in [-0.1, -0.05) is 53.7 Å². The minimum Gasteiger partial charge on any atom is -0.435 e. The van der Waals surface area contributed by atoms with Crippen LogP contribution in [0.1, 0.15) is 18.4 Å². The molecule has 1 fully saturated rings. The summed E-state index contributed by atoms with van der Waals surface area (Å²) in [6, 6.07) is 20.5. The van der Waals surface area contributed by atoms with Gasteiger partial charge in [0.1, 0.15) is 5.75 Å². The summed E-state index contributed by atoms with van der Waals surface area (Å²) < 4.78 is 59.5. The van der Waals surface area contributed by atoms with Gasteiger partial charge in [0.25, 0.3) is 0 Å². The van der Waals surface area contributed by atoms with Crippen LogP contribution in [0.4, 0.5) is 8.78 Å². The number of hydrogen-bond donors (Lipinski definition) is 0. The van der Waals surface area contributed by atoms with Crippen LogP contribution in [0.3, 0.4) is 0 Å². The maximum atomic E-state index is 13.2. The summed E-state index contributed by atoms with van der Waals surface area (Å²) >= 11 is 7.63. The van der Waals surface area contributed by atoms with Crippen molar-refractivity contribution in [2.45, 2.75) is 35.3 Å². The molecule has 0 N–H and O–H groups in total. The fourth-order valence-electron chi connectivity index (χ4n) is 4.21. The van der Waals surface area contributed by atoms with Gasteiger partial charge in [0.2, 0.25) is 10.0 Å².